The minimum atomic E-state index is -4.73. The van der Waals surface area contributed by atoms with E-state index >= 15 is 0 Å². The second kappa shape index (κ2) is 7.11. The van der Waals surface area contributed by atoms with Gasteiger partial charge in [-0.3, -0.25) is 0 Å². The third kappa shape index (κ3) is 4.59. The molecule has 7 heteroatoms. The van der Waals surface area contributed by atoms with Crippen molar-refractivity contribution in [3.8, 4) is 5.75 Å². The number of hydrogen-bond donors (Lipinski definition) is 1. The third-order valence-electron chi connectivity index (χ3n) is 3.12. The van der Waals surface area contributed by atoms with E-state index in [0.29, 0.717) is 31.9 Å². The topological polar surface area (TPSA) is 39.7 Å². The van der Waals surface area contributed by atoms with E-state index in [4.69, 9.17) is 9.47 Å². The van der Waals surface area contributed by atoms with Gasteiger partial charge in [-0.2, -0.15) is 0 Å². The first-order chi connectivity index (χ1) is 10.0. The number of nitrogens with one attached hydrogen (secondary N) is 1. The lowest BCUT2D eigenvalue weighted by Gasteiger charge is -2.32. The normalized spacial score (nSPS) is 21.0. The molecule has 1 N–H and O–H groups in total. The van der Waals surface area contributed by atoms with Crippen molar-refractivity contribution < 1.29 is 27.4 Å². The molecule has 1 aromatic rings. The van der Waals surface area contributed by atoms with Crippen LogP contribution in [0.25, 0.3) is 0 Å². The van der Waals surface area contributed by atoms with E-state index in [-0.39, 0.29) is 11.9 Å². The highest BCUT2D eigenvalue weighted by molar-refractivity contribution is 5.37. The first-order valence-electron chi connectivity index (χ1n) is 6.78. The van der Waals surface area contributed by atoms with Gasteiger partial charge in [0.05, 0.1) is 25.9 Å². The molecule has 0 radical (unpaired) electrons. The Morgan fingerprint density at radius 3 is 2.71 bits per heavy atom. The molecular formula is C14H18F3NO3. The maximum Gasteiger partial charge on any atom is 0.573 e. The van der Waals surface area contributed by atoms with E-state index in [9.17, 15) is 13.2 Å². The zero-order valence-corrected chi connectivity index (χ0v) is 11.7. The first kappa shape index (κ1) is 16.1. The predicted molar refractivity (Wildman–Crippen MR) is 70.1 cm³/mol. The molecule has 0 bridgehead atoms. The number of likely N-dealkylation sites (N-methyl/N-ethyl adjacent to an activating group) is 1. The first-order valence-corrected chi connectivity index (χ1v) is 6.78. The van der Waals surface area contributed by atoms with Gasteiger partial charge in [-0.05, 0) is 12.6 Å². The Morgan fingerprint density at radius 1 is 1.33 bits per heavy atom. The summed E-state index contributed by atoms with van der Waals surface area (Å²) in [5.41, 5.74) is 0.409. The summed E-state index contributed by atoms with van der Waals surface area (Å²) in [6.45, 7) is 3.72. The quantitative estimate of drug-likeness (QED) is 0.908. The minimum absolute atomic E-state index is 0.217. The van der Waals surface area contributed by atoms with Crippen LogP contribution in [-0.4, -0.2) is 38.8 Å². The van der Waals surface area contributed by atoms with Crippen LogP contribution in [0.2, 0.25) is 0 Å². The van der Waals surface area contributed by atoms with Gasteiger partial charge >= 0.3 is 6.36 Å². The lowest BCUT2D eigenvalue weighted by atomic mass is 10.00. The molecular weight excluding hydrogens is 287 g/mol. The molecule has 0 spiro atoms. The summed E-state index contributed by atoms with van der Waals surface area (Å²) in [6.07, 6.45) is -5.08. The van der Waals surface area contributed by atoms with Crippen molar-refractivity contribution in [1.82, 2.24) is 5.32 Å². The second-order valence-corrected chi connectivity index (χ2v) is 4.61. The average Bonchev–Trinajstić information content (AvgIpc) is 2.45. The van der Waals surface area contributed by atoms with Crippen molar-refractivity contribution in [3.63, 3.8) is 0 Å². The summed E-state index contributed by atoms with van der Waals surface area (Å²) in [7, 11) is 0. The molecule has 0 aromatic heterocycles. The van der Waals surface area contributed by atoms with Crippen molar-refractivity contribution in [3.05, 3.63) is 29.8 Å². The van der Waals surface area contributed by atoms with Crippen molar-refractivity contribution in [2.24, 2.45) is 0 Å². The number of benzene rings is 1. The fourth-order valence-electron chi connectivity index (χ4n) is 2.32. The Balaban J connectivity index is 2.26. The molecule has 0 amide bonds. The van der Waals surface area contributed by atoms with Crippen LogP contribution in [0.1, 0.15) is 18.5 Å². The monoisotopic (exact) mass is 305 g/mol. The van der Waals surface area contributed by atoms with Crippen LogP contribution in [0.15, 0.2) is 24.3 Å². The molecule has 1 fully saturated rings. The van der Waals surface area contributed by atoms with Crippen LogP contribution in [0.5, 0.6) is 5.75 Å². The lowest BCUT2D eigenvalue weighted by Crippen LogP contribution is -2.41. The Morgan fingerprint density at radius 2 is 2.10 bits per heavy atom. The van der Waals surface area contributed by atoms with E-state index in [1.807, 2.05) is 6.92 Å². The van der Waals surface area contributed by atoms with Crippen molar-refractivity contribution in [2.75, 3.05) is 26.4 Å². The van der Waals surface area contributed by atoms with E-state index < -0.39 is 12.4 Å². The molecule has 2 atom stereocenters. The molecule has 1 aromatic carbocycles. The van der Waals surface area contributed by atoms with Gasteiger partial charge in [0.25, 0.3) is 0 Å². The summed E-state index contributed by atoms with van der Waals surface area (Å²) in [6, 6.07) is 5.66. The Labute approximate surface area is 121 Å². The molecule has 0 saturated carbocycles. The van der Waals surface area contributed by atoms with E-state index in [2.05, 4.69) is 10.1 Å². The van der Waals surface area contributed by atoms with Gasteiger partial charge in [0.1, 0.15) is 11.9 Å². The van der Waals surface area contributed by atoms with Crippen LogP contribution in [0, 0.1) is 0 Å². The lowest BCUT2D eigenvalue weighted by molar-refractivity contribution is -0.275. The smallest absolute Gasteiger partial charge is 0.405 e. The van der Waals surface area contributed by atoms with Crippen molar-refractivity contribution in [2.45, 2.75) is 25.4 Å². The van der Waals surface area contributed by atoms with Gasteiger partial charge in [0, 0.05) is 5.56 Å². The number of para-hydroxylation sites is 1. The van der Waals surface area contributed by atoms with Crippen LogP contribution < -0.4 is 10.1 Å². The number of rotatable bonds is 5. The summed E-state index contributed by atoms with van der Waals surface area (Å²) in [5.74, 6) is -0.217. The minimum Gasteiger partial charge on any atom is -0.405 e. The highest BCUT2D eigenvalue weighted by atomic mass is 19.4. The standard InChI is InChI=1S/C14H18F3NO3/c1-2-18-13(12-9-19-7-8-20-12)10-5-3-4-6-11(10)21-14(15,16)17/h3-6,12-13,18H,2,7-9H2,1H3. The van der Waals surface area contributed by atoms with Gasteiger partial charge < -0.3 is 19.5 Å². The summed E-state index contributed by atoms with van der Waals surface area (Å²) in [4.78, 5) is 0. The van der Waals surface area contributed by atoms with Gasteiger partial charge in [-0.15, -0.1) is 13.2 Å². The molecule has 1 heterocycles. The van der Waals surface area contributed by atoms with Gasteiger partial charge in [0.2, 0.25) is 0 Å². The van der Waals surface area contributed by atoms with Crippen LogP contribution in [0.3, 0.4) is 0 Å². The van der Waals surface area contributed by atoms with Gasteiger partial charge in [0.15, 0.2) is 0 Å². The molecule has 1 aliphatic rings. The largest absolute Gasteiger partial charge is 0.573 e. The maximum atomic E-state index is 12.5. The number of ether oxygens (including phenoxy) is 3. The zero-order chi connectivity index (χ0) is 15.3. The Bertz CT molecular complexity index is 447. The van der Waals surface area contributed by atoms with Gasteiger partial charge in [-0.1, -0.05) is 25.1 Å². The second-order valence-electron chi connectivity index (χ2n) is 4.61. The van der Waals surface area contributed by atoms with Crippen molar-refractivity contribution >= 4 is 0 Å². The Hall–Kier alpha value is -1.31. The maximum absolute atomic E-state index is 12.5. The predicted octanol–water partition coefficient (Wildman–Crippen LogP) is 2.65. The van der Waals surface area contributed by atoms with Crippen LogP contribution >= 0.6 is 0 Å². The van der Waals surface area contributed by atoms with Crippen molar-refractivity contribution in [1.29, 1.82) is 0 Å². The highest BCUT2D eigenvalue weighted by Crippen LogP contribution is 2.33. The molecule has 21 heavy (non-hydrogen) atoms. The molecule has 2 unspecified atom stereocenters. The average molecular weight is 305 g/mol. The van der Waals surface area contributed by atoms with E-state index in [1.54, 1.807) is 12.1 Å². The number of halogens is 3. The highest BCUT2D eigenvalue weighted by Gasteiger charge is 2.34. The zero-order valence-electron chi connectivity index (χ0n) is 11.7. The molecule has 0 aliphatic carbocycles. The SMILES string of the molecule is CCNC(c1ccccc1OC(F)(F)F)C1COCCO1. The van der Waals surface area contributed by atoms with Crippen LogP contribution in [0.4, 0.5) is 13.2 Å². The summed E-state index contributed by atoms with van der Waals surface area (Å²) < 4.78 is 52.6. The summed E-state index contributed by atoms with van der Waals surface area (Å²) >= 11 is 0. The fraction of sp³-hybridized carbons (Fsp3) is 0.571. The summed E-state index contributed by atoms with van der Waals surface area (Å²) in [5, 5.41) is 3.14. The molecule has 1 saturated heterocycles. The van der Waals surface area contributed by atoms with Crippen LogP contribution in [-0.2, 0) is 9.47 Å². The molecule has 1 aliphatic heterocycles. The number of hydrogen-bond acceptors (Lipinski definition) is 4. The number of alkyl halides is 3. The van der Waals surface area contributed by atoms with E-state index in [0.717, 1.165) is 0 Å². The third-order valence-corrected chi connectivity index (χ3v) is 3.12. The fourth-order valence-corrected chi connectivity index (χ4v) is 2.32. The molecule has 4 nitrogen and oxygen atoms in total. The molecule has 2 rings (SSSR count). The van der Waals surface area contributed by atoms with Gasteiger partial charge in [-0.25, -0.2) is 0 Å². The van der Waals surface area contributed by atoms with E-state index in [1.165, 1.54) is 12.1 Å². The Kier molecular flexibility index (Phi) is 5.44. The molecule has 118 valence electrons.